The second-order valence-electron chi connectivity index (χ2n) is 4.02. The van der Waals surface area contributed by atoms with Crippen molar-refractivity contribution in [3.05, 3.63) is 0 Å². The standard InChI is InChI=1S/C10H20N2O4.ClH/c1-7(11)9(14)12-10(2,6-15-3)5-8(13)16-4;/h7H,5-6,11H2,1-4H3,(H,12,14);1H/t7-,10?;/m0./s1. The summed E-state index contributed by atoms with van der Waals surface area (Å²) in [7, 11) is 2.79. The summed E-state index contributed by atoms with van der Waals surface area (Å²) in [6.45, 7) is 3.48. The van der Waals surface area contributed by atoms with Gasteiger partial charge in [0.15, 0.2) is 0 Å². The number of halogens is 1. The lowest BCUT2D eigenvalue weighted by atomic mass is 9.98. The molecule has 0 saturated heterocycles. The first-order valence-electron chi connectivity index (χ1n) is 4.98. The fourth-order valence-electron chi connectivity index (χ4n) is 1.25. The van der Waals surface area contributed by atoms with Gasteiger partial charge in [0.2, 0.25) is 5.91 Å². The predicted molar refractivity (Wildman–Crippen MR) is 66.0 cm³/mol. The average molecular weight is 269 g/mol. The Hall–Kier alpha value is -0.850. The minimum atomic E-state index is -0.799. The molecule has 0 bridgehead atoms. The molecular formula is C10H21ClN2O4. The minimum Gasteiger partial charge on any atom is -0.469 e. The molecule has 0 radical (unpaired) electrons. The van der Waals surface area contributed by atoms with Crippen molar-refractivity contribution in [3.8, 4) is 0 Å². The highest BCUT2D eigenvalue weighted by molar-refractivity contribution is 5.85. The number of ether oxygens (including phenoxy) is 2. The van der Waals surface area contributed by atoms with Gasteiger partial charge in [-0.1, -0.05) is 0 Å². The van der Waals surface area contributed by atoms with Crippen molar-refractivity contribution < 1.29 is 19.1 Å². The van der Waals surface area contributed by atoms with Crippen LogP contribution in [0.1, 0.15) is 20.3 Å². The summed E-state index contributed by atoms with van der Waals surface area (Å²) >= 11 is 0. The van der Waals surface area contributed by atoms with Gasteiger partial charge in [-0.25, -0.2) is 0 Å². The highest BCUT2D eigenvalue weighted by atomic mass is 35.5. The molecule has 0 aliphatic rings. The van der Waals surface area contributed by atoms with Gasteiger partial charge in [0.25, 0.3) is 0 Å². The molecule has 2 atom stereocenters. The topological polar surface area (TPSA) is 90.6 Å². The summed E-state index contributed by atoms with van der Waals surface area (Å²) in [4.78, 5) is 22.7. The Balaban J connectivity index is 0. The van der Waals surface area contributed by atoms with Crippen molar-refractivity contribution in [3.63, 3.8) is 0 Å². The summed E-state index contributed by atoms with van der Waals surface area (Å²) in [6.07, 6.45) is 0.0375. The number of methoxy groups -OCH3 is 2. The van der Waals surface area contributed by atoms with E-state index in [9.17, 15) is 9.59 Å². The van der Waals surface area contributed by atoms with Crippen LogP contribution in [0.4, 0.5) is 0 Å². The molecule has 102 valence electrons. The first-order valence-corrected chi connectivity index (χ1v) is 4.98. The normalized spacial score (nSPS) is 15.1. The van der Waals surface area contributed by atoms with E-state index in [4.69, 9.17) is 10.5 Å². The van der Waals surface area contributed by atoms with Crippen molar-refractivity contribution in [1.29, 1.82) is 0 Å². The van der Waals surface area contributed by atoms with Crippen LogP contribution in [0.15, 0.2) is 0 Å². The highest BCUT2D eigenvalue weighted by Gasteiger charge is 2.30. The van der Waals surface area contributed by atoms with E-state index < -0.39 is 17.6 Å². The van der Waals surface area contributed by atoms with Gasteiger partial charge >= 0.3 is 5.97 Å². The number of carbonyl (C=O) groups excluding carboxylic acids is 2. The monoisotopic (exact) mass is 268 g/mol. The molecule has 17 heavy (non-hydrogen) atoms. The SMILES string of the molecule is COCC(C)(CC(=O)OC)NC(=O)[C@H](C)N.Cl. The van der Waals surface area contributed by atoms with Crippen molar-refractivity contribution >= 4 is 24.3 Å². The molecule has 0 spiro atoms. The van der Waals surface area contributed by atoms with E-state index in [2.05, 4.69) is 10.1 Å². The summed E-state index contributed by atoms with van der Waals surface area (Å²) in [6, 6.07) is -0.631. The lowest BCUT2D eigenvalue weighted by Crippen LogP contribution is -2.54. The van der Waals surface area contributed by atoms with E-state index in [0.29, 0.717) is 0 Å². The third kappa shape index (κ3) is 7.14. The Labute approximate surface area is 108 Å². The zero-order valence-electron chi connectivity index (χ0n) is 10.6. The second-order valence-corrected chi connectivity index (χ2v) is 4.02. The Kier molecular flexibility index (Phi) is 9.01. The summed E-state index contributed by atoms with van der Waals surface area (Å²) in [5.41, 5.74) is 4.63. The van der Waals surface area contributed by atoms with E-state index in [-0.39, 0.29) is 31.3 Å². The lowest BCUT2D eigenvalue weighted by Gasteiger charge is -2.29. The van der Waals surface area contributed by atoms with Crippen LogP contribution in [0.2, 0.25) is 0 Å². The second kappa shape index (κ2) is 8.27. The molecule has 0 heterocycles. The van der Waals surface area contributed by atoms with Crippen molar-refractivity contribution in [2.45, 2.75) is 31.8 Å². The molecular weight excluding hydrogens is 248 g/mol. The van der Waals surface area contributed by atoms with Gasteiger partial charge in [-0.15, -0.1) is 12.4 Å². The molecule has 3 N–H and O–H groups in total. The van der Waals surface area contributed by atoms with Gasteiger partial charge in [-0.3, -0.25) is 9.59 Å². The fraction of sp³-hybridized carbons (Fsp3) is 0.800. The number of nitrogens with one attached hydrogen (secondary N) is 1. The lowest BCUT2D eigenvalue weighted by molar-refractivity contribution is -0.143. The van der Waals surface area contributed by atoms with E-state index >= 15 is 0 Å². The van der Waals surface area contributed by atoms with E-state index in [0.717, 1.165) is 0 Å². The summed E-state index contributed by atoms with van der Waals surface area (Å²) in [5.74, 6) is -0.743. The van der Waals surface area contributed by atoms with Crippen LogP contribution in [0.25, 0.3) is 0 Å². The molecule has 0 rings (SSSR count). The zero-order chi connectivity index (χ0) is 12.8. The Bertz CT molecular complexity index is 261. The molecule has 7 heteroatoms. The molecule has 0 aromatic rings. The third-order valence-corrected chi connectivity index (χ3v) is 2.06. The summed E-state index contributed by atoms with van der Waals surface area (Å²) < 4.78 is 9.53. The van der Waals surface area contributed by atoms with Crippen LogP contribution in [0.5, 0.6) is 0 Å². The highest BCUT2D eigenvalue weighted by Crippen LogP contribution is 2.11. The van der Waals surface area contributed by atoms with Crippen molar-refractivity contribution in [1.82, 2.24) is 5.32 Å². The maximum Gasteiger partial charge on any atom is 0.307 e. The predicted octanol–water partition coefficient (Wildman–Crippen LogP) is -0.160. The Morgan fingerprint density at radius 2 is 1.94 bits per heavy atom. The zero-order valence-corrected chi connectivity index (χ0v) is 11.4. The molecule has 1 amide bonds. The number of amides is 1. The van der Waals surface area contributed by atoms with Crippen LogP contribution in [0.3, 0.4) is 0 Å². The van der Waals surface area contributed by atoms with Crippen molar-refractivity contribution in [2.75, 3.05) is 20.8 Å². The van der Waals surface area contributed by atoms with Gasteiger partial charge in [-0.2, -0.15) is 0 Å². The molecule has 0 aromatic heterocycles. The summed E-state index contributed by atoms with van der Waals surface area (Å²) in [5, 5.41) is 2.67. The van der Waals surface area contributed by atoms with Gasteiger partial charge < -0.3 is 20.5 Å². The number of carbonyl (C=O) groups is 2. The van der Waals surface area contributed by atoms with Crippen LogP contribution in [-0.4, -0.2) is 44.3 Å². The molecule has 0 aliphatic carbocycles. The number of rotatable bonds is 6. The van der Waals surface area contributed by atoms with E-state index in [1.54, 1.807) is 13.8 Å². The van der Waals surface area contributed by atoms with E-state index in [1.165, 1.54) is 14.2 Å². The smallest absolute Gasteiger partial charge is 0.307 e. The number of hydrogen-bond donors (Lipinski definition) is 2. The first-order chi connectivity index (χ1) is 7.34. The van der Waals surface area contributed by atoms with Crippen LogP contribution >= 0.6 is 12.4 Å². The number of esters is 1. The molecule has 6 nitrogen and oxygen atoms in total. The van der Waals surface area contributed by atoms with Gasteiger partial charge in [-0.05, 0) is 13.8 Å². The Morgan fingerprint density at radius 3 is 2.29 bits per heavy atom. The molecule has 0 aromatic carbocycles. The average Bonchev–Trinajstić information content (AvgIpc) is 2.17. The van der Waals surface area contributed by atoms with Crippen LogP contribution in [0, 0.1) is 0 Å². The van der Waals surface area contributed by atoms with Gasteiger partial charge in [0, 0.05) is 7.11 Å². The van der Waals surface area contributed by atoms with Gasteiger partial charge in [0.05, 0.1) is 31.7 Å². The maximum atomic E-state index is 11.5. The first kappa shape index (κ1) is 18.5. The van der Waals surface area contributed by atoms with E-state index in [1.807, 2.05) is 0 Å². The largest absolute Gasteiger partial charge is 0.469 e. The molecule has 0 aliphatic heterocycles. The molecule has 0 saturated carbocycles. The molecule has 1 unspecified atom stereocenters. The molecule has 0 fully saturated rings. The number of nitrogens with two attached hydrogens (primary N) is 1. The van der Waals surface area contributed by atoms with Crippen LogP contribution < -0.4 is 11.1 Å². The van der Waals surface area contributed by atoms with Crippen molar-refractivity contribution in [2.24, 2.45) is 5.73 Å². The minimum absolute atomic E-state index is 0. The van der Waals surface area contributed by atoms with Gasteiger partial charge in [0.1, 0.15) is 0 Å². The quantitative estimate of drug-likeness (QED) is 0.653. The third-order valence-electron chi connectivity index (χ3n) is 2.06. The fourth-order valence-corrected chi connectivity index (χ4v) is 1.25. The maximum absolute atomic E-state index is 11.5. The van der Waals surface area contributed by atoms with Crippen LogP contribution in [-0.2, 0) is 19.1 Å². The Morgan fingerprint density at radius 1 is 1.41 bits per heavy atom. The number of hydrogen-bond acceptors (Lipinski definition) is 5.